The molecule has 2 heteroatoms. The van der Waals surface area contributed by atoms with Crippen molar-refractivity contribution in [2.75, 3.05) is 0 Å². The highest BCUT2D eigenvalue weighted by atomic mass is 16.3. The third-order valence-electron chi connectivity index (χ3n) is 2.99. The topological polar surface area (TPSA) is 33.1 Å². The molecule has 2 aromatic carbocycles. The molecule has 0 saturated carbocycles. The minimum absolute atomic E-state index is 0.252. The van der Waals surface area contributed by atoms with Gasteiger partial charge in [-0.2, -0.15) is 0 Å². The highest BCUT2D eigenvalue weighted by Gasteiger charge is 2.05. The van der Waals surface area contributed by atoms with Gasteiger partial charge >= 0.3 is 0 Å². The summed E-state index contributed by atoms with van der Waals surface area (Å²) in [7, 11) is 0. The first-order chi connectivity index (χ1) is 9.33. The fourth-order valence-electron chi connectivity index (χ4n) is 2.09. The van der Waals surface area contributed by atoms with E-state index in [1.807, 2.05) is 54.6 Å². The molecule has 1 aromatic heterocycles. The molecular formula is C17H13NO. The number of rotatable bonds is 2. The predicted octanol–water partition coefficient (Wildman–Crippen LogP) is 4.12. The van der Waals surface area contributed by atoms with Crippen LogP contribution >= 0.6 is 0 Å². The van der Waals surface area contributed by atoms with Crippen LogP contribution in [0, 0.1) is 0 Å². The normalized spacial score (nSPS) is 10.3. The van der Waals surface area contributed by atoms with Crippen LogP contribution in [0.5, 0.6) is 5.75 Å². The van der Waals surface area contributed by atoms with Gasteiger partial charge in [-0.05, 0) is 41.5 Å². The lowest BCUT2D eigenvalue weighted by Crippen LogP contribution is -1.84. The van der Waals surface area contributed by atoms with Crippen molar-refractivity contribution in [3.05, 3.63) is 72.9 Å². The van der Waals surface area contributed by atoms with Crippen LogP contribution in [-0.2, 0) is 0 Å². The van der Waals surface area contributed by atoms with E-state index in [1.165, 1.54) is 0 Å². The van der Waals surface area contributed by atoms with E-state index in [2.05, 4.69) is 4.98 Å². The van der Waals surface area contributed by atoms with Gasteiger partial charge in [-0.1, -0.05) is 36.4 Å². The van der Waals surface area contributed by atoms with Crippen molar-refractivity contribution in [2.24, 2.45) is 0 Å². The first-order valence-electron chi connectivity index (χ1n) is 6.14. The van der Waals surface area contributed by atoms with Gasteiger partial charge in [0, 0.05) is 11.8 Å². The molecule has 0 radical (unpaired) electrons. The van der Waals surface area contributed by atoms with Crippen LogP contribution in [0.3, 0.4) is 0 Å². The van der Waals surface area contributed by atoms with Gasteiger partial charge in [0.05, 0.1) is 5.69 Å². The fourth-order valence-corrected chi connectivity index (χ4v) is 2.09. The summed E-state index contributed by atoms with van der Waals surface area (Å²) in [6, 6.07) is 21.3. The van der Waals surface area contributed by atoms with Gasteiger partial charge < -0.3 is 5.11 Å². The zero-order valence-corrected chi connectivity index (χ0v) is 10.3. The number of hydrogen-bond acceptors (Lipinski definition) is 2. The number of nitrogens with zero attached hydrogens (tertiary/aromatic N) is 1. The molecule has 0 fully saturated rings. The summed E-state index contributed by atoms with van der Waals surface area (Å²) in [4.78, 5) is 4.31. The zero-order valence-electron chi connectivity index (χ0n) is 10.3. The van der Waals surface area contributed by atoms with Crippen molar-refractivity contribution < 1.29 is 5.11 Å². The highest BCUT2D eigenvalue weighted by Crippen LogP contribution is 2.29. The molecule has 1 heterocycles. The van der Waals surface area contributed by atoms with Gasteiger partial charge in [-0.25, -0.2) is 0 Å². The van der Waals surface area contributed by atoms with Crippen LogP contribution in [0.25, 0.3) is 22.4 Å². The van der Waals surface area contributed by atoms with E-state index < -0.39 is 0 Å². The van der Waals surface area contributed by atoms with E-state index in [1.54, 1.807) is 18.3 Å². The van der Waals surface area contributed by atoms with E-state index in [4.69, 9.17) is 0 Å². The van der Waals surface area contributed by atoms with Crippen molar-refractivity contribution in [3.8, 4) is 28.1 Å². The standard InChI is InChI=1S/C17H13NO/c19-16-11-14(13-6-2-1-3-7-13)10-15(12-16)17-8-4-5-9-18-17/h1-12,19H. The first-order valence-corrected chi connectivity index (χ1v) is 6.14. The number of phenols is 1. The first kappa shape index (κ1) is 11.5. The largest absolute Gasteiger partial charge is 0.508 e. The quantitative estimate of drug-likeness (QED) is 0.738. The lowest BCUT2D eigenvalue weighted by Gasteiger charge is -2.07. The van der Waals surface area contributed by atoms with Crippen LogP contribution in [0.4, 0.5) is 0 Å². The maximum absolute atomic E-state index is 9.89. The Morgan fingerprint density at radius 3 is 2.16 bits per heavy atom. The number of phenolic OH excluding ortho intramolecular Hbond substituents is 1. The molecule has 0 unspecified atom stereocenters. The molecule has 3 aromatic rings. The Morgan fingerprint density at radius 1 is 0.684 bits per heavy atom. The monoisotopic (exact) mass is 247 g/mol. The Kier molecular flexibility index (Phi) is 2.99. The van der Waals surface area contributed by atoms with Gasteiger partial charge in [-0.3, -0.25) is 4.98 Å². The van der Waals surface area contributed by atoms with E-state index in [0.717, 1.165) is 22.4 Å². The second-order valence-electron chi connectivity index (χ2n) is 4.35. The molecule has 0 aliphatic carbocycles. The van der Waals surface area contributed by atoms with Crippen LogP contribution in [0.15, 0.2) is 72.9 Å². The minimum Gasteiger partial charge on any atom is -0.508 e. The Morgan fingerprint density at radius 2 is 1.42 bits per heavy atom. The Hall–Kier alpha value is -2.61. The number of pyridine rings is 1. The average molecular weight is 247 g/mol. The van der Waals surface area contributed by atoms with Crippen LogP contribution in [0.1, 0.15) is 0 Å². The van der Waals surface area contributed by atoms with E-state index >= 15 is 0 Å². The summed E-state index contributed by atoms with van der Waals surface area (Å²) < 4.78 is 0. The molecule has 92 valence electrons. The predicted molar refractivity (Wildman–Crippen MR) is 76.8 cm³/mol. The second kappa shape index (κ2) is 4.94. The molecule has 0 saturated heterocycles. The molecule has 0 amide bonds. The van der Waals surface area contributed by atoms with E-state index in [-0.39, 0.29) is 5.75 Å². The minimum atomic E-state index is 0.252. The summed E-state index contributed by atoms with van der Waals surface area (Å²) >= 11 is 0. The smallest absolute Gasteiger partial charge is 0.116 e. The third-order valence-corrected chi connectivity index (χ3v) is 2.99. The summed E-state index contributed by atoms with van der Waals surface area (Å²) in [5.41, 5.74) is 3.84. The van der Waals surface area contributed by atoms with Crippen LogP contribution in [-0.4, -0.2) is 10.1 Å². The lowest BCUT2D eigenvalue weighted by molar-refractivity contribution is 0.476. The maximum atomic E-state index is 9.89. The lowest BCUT2D eigenvalue weighted by atomic mass is 10.0. The van der Waals surface area contributed by atoms with Crippen molar-refractivity contribution in [2.45, 2.75) is 0 Å². The number of aromatic hydroxyl groups is 1. The molecular weight excluding hydrogens is 234 g/mol. The van der Waals surface area contributed by atoms with Crippen LogP contribution in [0.2, 0.25) is 0 Å². The number of aromatic nitrogens is 1. The summed E-state index contributed by atoms with van der Waals surface area (Å²) in [6.45, 7) is 0. The maximum Gasteiger partial charge on any atom is 0.116 e. The molecule has 0 spiro atoms. The van der Waals surface area contributed by atoms with Crippen molar-refractivity contribution in [1.29, 1.82) is 0 Å². The fraction of sp³-hybridized carbons (Fsp3) is 0. The molecule has 0 aliphatic rings. The second-order valence-corrected chi connectivity index (χ2v) is 4.35. The summed E-state index contributed by atoms with van der Waals surface area (Å²) in [5, 5.41) is 9.89. The molecule has 2 nitrogen and oxygen atoms in total. The molecule has 0 atom stereocenters. The molecule has 0 aliphatic heterocycles. The Balaban J connectivity index is 2.12. The summed E-state index contributed by atoms with van der Waals surface area (Å²) in [6.07, 6.45) is 1.75. The molecule has 0 bridgehead atoms. The Bertz CT molecular complexity index is 620. The number of hydrogen-bond donors (Lipinski definition) is 1. The van der Waals surface area contributed by atoms with E-state index in [9.17, 15) is 5.11 Å². The zero-order chi connectivity index (χ0) is 13.1. The van der Waals surface area contributed by atoms with Crippen molar-refractivity contribution >= 4 is 0 Å². The van der Waals surface area contributed by atoms with Gasteiger partial charge in [0.15, 0.2) is 0 Å². The Labute approximate surface area is 112 Å². The van der Waals surface area contributed by atoms with Crippen LogP contribution < -0.4 is 0 Å². The van der Waals surface area contributed by atoms with Gasteiger partial charge in [0.1, 0.15) is 5.75 Å². The average Bonchev–Trinajstić information content (AvgIpc) is 2.48. The van der Waals surface area contributed by atoms with Crippen molar-refractivity contribution in [1.82, 2.24) is 4.98 Å². The molecule has 19 heavy (non-hydrogen) atoms. The van der Waals surface area contributed by atoms with Gasteiger partial charge in [-0.15, -0.1) is 0 Å². The molecule has 1 N–H and O–H groups in total. The number of benzene rings is 2. The third kappa shape index (κ3) is 2.47. The summed E-state index contributed by atoms with van der Waals surface area (Å²) in [5.74, 6) is 0.252. The molecule has 3 rings (SSSR count). The van der Waals surface area contributed by atoms with E-state index in [0.29, 0.717) is 0 Å². The highest BCUT2D eigenvalue weighted by molar-refractivity contribution is 5.73. The van der Waals surface area contributed by atoms with Gasteiger partial charge in [0.2, 0.25) is 0 Å². The van der Waals surface area contributed by atoms with Gasteiger partial charge in [0.25, 0.3) is 0 Å². The SMILES string of the molecule is Oc1cc(-c2ccccc2)cc(-c2ccccn2)c1. The van der Waals surface area contributed by atoms with Crippen molar-refractivity contribution in [3.63, 3.8) is 0 Å².